The molecule has 2 N–H and O–H groups in total. The summed E-state index contributed by atoms with van der Waals surface area (Å²) in [5.41, 5.74) is 0.914. The van der Waals surface area contributed by atoms with Crippen LogP contribution in [0.15, 0.2) is 30.3 Å². The van der Waals surface area contributed by atoms with E-state index >= 15 is 0 Å². The summed E-state index contributed by atoms with van der Waals surface area (Å²) < 4.78 is 5.03. The monoisotopic (exact) mass is 235 g/mol. The van der Waals surface area contributed by atoms with Crippen LogP contribution in [0.1, 0.15) is 12.5 Å². The molecule has 1 aromatic carbocycles. The number of hydrogen-bond donors (Lipinski definition) is 2. The van der Waals surface area contributed by atoms with Crippen molar-refractivity contribution < 1.29 is 14.6 Å². The first-order valence-corrected chi connectivity index (χ1v) is 5.39. The predicted molar refractivity (Wildman–Crippen MR) is 66.7 cm³/mol. The molecule has 0 heterocycles. The minimum Gasteiger partial charge on any atom is -0.497 e. The average Bonchev–Trinajstić information content (AvgIpc) is 2.36. The third-order valence-corrected chi connectivity index (χ3v) is 2.21. The number of hydrogen-bond acceptors (Lipinski definition) is 3. The fraction of sp³-hybridized carbons (Fsp3) is 0.308. The van der Waals surface area contributed by atoms with Gasteiger partial charge in [-0.2, -0.15) is 0 Å². The second-order valence-electron chi connectivity index (χ2n) is 3.70. The highest BCUT2D eigenvalue weighted by Gasteiger charge is 2.01. The number of benzene rings is 1. The van der Waals surface area contributed by atoms with Crippen LogP contribution in [0, 0.1) is 0 Å². The molecule has 0 aliphatic heterocycles. The van der Waals surface area contributed by atoms with Crippen LogP contribution in [0.4, 0.5) is 0 Å². The Kier molecular flexibility index (Phi) is 5.23. The Morgan fingerprint density at radius 2 is 2.12 bits per heavy atom. The lowest BCUT2D eigenvalue weighted by molar-refractivity contribution is -0.117. The van der Waals surface area contributed by atoms with Crippen LogP contribution in [-0.2, 0) is 4.79 Å². The molecular formula is C13H17NO3. The maximum atomic E-state index is 11.4. The smallest absolute Gasteiger partial charge is 0.244 e. The van der Waals surface area contributed by atoms with E-state index < -0.39 is 0 Å². The number of methoxy groups -OCH3 is 1. The van der Waals surface area contributed by atoms with Gasteiger partial charge >= 0.3 is 0 Å². The maximum Gasteiger partial charge on any atom is 0.244 e. The van der Waals surface area contributed by atoms with Crippen LogP contribution < -0.4 is 10.1 Å². The van der Waals surface area contributed by atoms with Crippen molar-refractivity contribution in [3.05, 3.63) is 35.9 Å². The van der Waals surface area contributed by atoms with E-state index in [4.69, 9.17) is 9.84 Å². The molecule has 4 heteroatoms. The Balaban J connectivity index is 2.54. The molecular weight excluding hydrogens is 218 g/mol. The molecule has 1 amide bonds. The van der Waals surface area contributed by atoms with Gasteiger partial charge in [0.2, 0.25) is 5.91 Å². The van der Waals surface area contributed by atoms with Gasteiger partial charge in [-0.1, -0.05) is 12.1 Å². The molecule has 1 rings (SSSR count). The molecule has 0 aliphatic rings. The Morgan fingerprint density at radius 1 is 1.47 bits per heavy atom. The van der Waals surface area contributed by atoms with Crippen LogP contribution >= 0.6 is 0 Å². The van der Waals surface area contributed by atoms with Crippen LogP contribution in [-0.4, -0.2) is 30.8 Å². The molecule has 1 atom stereocenters. The molecule has 17 heavy (non-hydrogen) atoms. The quantitative estimate of drug-likeness (QED) is 0.754. The van der Waals surface area contributed by atoms with Crippen LogP contribution in [0.5, 0.6) is 5.75 Å². The van der Waals surface area contributed by atoms with Crippen molar-refractivity contribution in [3.63, 3.8) is 0 Å². The van der Waals surface area contributed by atoms with Gasteiger partial charge in [0.1, 0.15) is 5.75 Å². The summed E-state index contributed by atoms with van der Waals surface area (Å²) in [6, 6.07) is 7.14. The molecule has 0 aromatic heterocycles. The first-order chi connectivity index (χ1) is 8.15. The molecule has 0 aliphatic carbocycles. The van der Waals surface area contributed by atoms with E-state index in [2.05, 4.69) is 5.32 Å². The van der Waals surface area contributed by atoms with Crippen LogP contribution in [0.2, 0.25) is 0 Å². The van der Waals surface area contributed by atoms with E-state index in [-0.39, 0.29) is 18.6 Å². The largest absolute Gasteiger partial charge is 0.497 e. The van der Waals surface area contributed by atoms with Gasteiger partial charge in [-0.05, 0) is 30.7 Å². The van der Waals surface area contributed by atoms with Crippen molar-refractivity contribution in [2.45, 2.75) is 13.0 Å². The van der Waals surface area contributed by atoms with Crippen LogP contribution in [0.3, 0.4) is 0 Å². The van der Waals surface area contributed by atoms with Crippen molar-refractivity contribution in [2.75, 3.05) is 13.7 Å². The summed E-state index contributed by atoms with van der Waals surface area (Å²) in [4.78, 5) is 11.4. The lowest BCUT2D eigenvalue weighted by atomic mass is 10.2. The minimum atomic E-state index is -0.233. The summed E-state index contributed by atoms with van der Waals surface area (Å²) in [6.07, 6.45) is 3.15. The van der Waals surface area contributed by atoms with E-state index in [9.17, 15) is 4.79 Å². The van der Waals surface area contributed by atoms with Crippen molar-refractivity contribution >= 4 is 12.0 Å². The molecule has 0 fully saturated rings. The topological polar surface area (TPSA) is 58.6 Å². The van der Waals surface area contributed by atoms with Crippen molar-refractivity contribution in [1.29, 1.82) is 0 Å². The van der Waals surface area contributed by atoms with E-state index in [1.54, 1.807) is 20.1 Å². The SMILES string of the molecule is COc1ccc(C=CC(=O)N[C@H](C)CO)cc1. The van der Waals surface area contributed by atoms with E-state index in [1.165, 1.54) is 6.08 Å². The molecule has 0 unspecified atom stereocenters. The van der Waals surface area contributed by atoms with Gasteiger partial charge in [0.15, 0.2) is 0 Å². The first-order valence-electron chi connectivity index (χ1n) is 5.39. The number of amides is 1. The number of ether oxygens (including phenoxy) is 1. The summed E-state index contributed by atoms with van der Waals surface area (Å²) in [7, 11) is 1.61. The number of carbonyl (C=O) groups is 1. The zero-order valence-corrected chi connectivity index (χ0v) is 10.0. The van der Waals surface area contributed by atoms with Gasteiger partial charge in [-0.15, -0.1) is 0 Å². The summed E-state index contributed by atoms with van der Waals surface area (Å²) in [5.74, 6) is 0.558. The van der Waals surface area contributed by atoms with Crippen molar-refractivity contribution in [2.24, 2.45) is 0 Å². The molecule has 0 radical (unpaired) electrons. The van der Waals surface area contributed by atoms with Gasteiger partial charge in [0.05, 0.1) is 13.7 Å². The third-order valence-electron chi connectivity index (χ3n) is 2.21. The van der Waals surface area contributed by atoms with Crippen molar-refractivity contribution in [3.8, 4) is 5.75 Å². The number of aliphatic hydroxyl groups is 1. The number of nitrogens with one attached hydrogen (secondary N) is 1. The summed E-state index contributed by atoms with van der Waals surface area (Å²) >= 11 is 0. The fourth-order valence-corrected chi connectivity index (χ4v) is 1.22. The Morgan fingerprint density at radius 3 is 2.65 bits per heavy atom. The molecule has 0 saturated carbocycles. The Hall–Kier alpha value is -1.81. The van der Waals surface area contributed by atoms with E-state index in [0.29, 0.717) is 0 Å². The first kappa shape index (κ1) is 13.3. The Labute approximate surface area is 101 Å². The van der Waals surface area contributed by atoms with Crippen molar-refractivity contribution in [1.82, 2.24) is 5.32 Å². The molecule has 0 spiro atoms. The highest BCUT2D eigenvalue weighted by Crippen LogP contribution is 2.12. The molecule has 4 nitrogen and oxygen atoms in total. The van der Waals surface area contributed by atoms with Gasteiger partial charge < -0.3 is 15.2 Å². The second-order valence-corrected chi connectivity index (χ2v) is 3.70. The van der Waals surface area contributed by atoms with E-state index in [1.807, 2.05) is 24.3 Å². The molecule has 1 aromatic rings. The van der Waals surface area contributed by atoms with Gasteiger partial charge in [-0.25, -0.2) is 0 Å². The number of carbonyl (C=O) groups excluding carboxylic acids is 1. The molecule has 92 valence electrons. The number of aliphatic hydroxyl groups excluding tert-OH is 1. The van der Waals surface area contributed by atoms with Gasteiger partial charge in [-0.3, -0.25) is 4.79 Å². The molecule has 0 saturated heterocycles. The fourth-order valence-electron chi connectivity index (χ4n) is 1.22. The van der Waals surface area contributed by atoms with E-state index in [0.717, 1.165) is 11.3 Å². The highest BCUT2D eigenvalue weighted by molar-refractivity contribution is 5.91. The van der Waals surface area contributed by atoms with Gasteiger partial charge in [0, 0.05) is 12.1 Å². The minimum absolute atomic E-state index is 0.0673. The summed E-state index contributed by atoms with van der Waals surface area (Å²) in [6.45, 7) is 1.67. The second kappa shape index (κ2) is 6.70. The third kappa shape index (κ3) is 4.70. The van der Waals surface area contributed by atoms with Gasteiger partial charge in [0.25, 0.3) is 0 Å². The molecule has 0 bridgehead atoms. The average molecular weight is 235 g/mol. The maximum absolute atomic E-state index is 11.4. The van der Waals surface area contributed by atoms with Crippen LogP contribution in [0.25, 0.3) is 6.08 Å². The lowest BCUT2D eigenvalue weighted by Crippen LogP contribution is -2.33. The normalized spacial score (nSPS) is 12.4. The lowest BCUT2D eigenvalue weighted by Gasteiger charge is -2.07. The number of rotatable bonds is 5. The summed E-state index contributed by atoms with van der Waals surface area (Å²) in [5, 5.41) is 11.4. The zero-order valence-electron chi connectivity index (χ0n) is 10.0. The Bertz CT molecular complexity index is 384. The predicted octanol–water partition coefficient (Wildman–Crippen LogP) is 1.21. The standard InChI is InChI=1S/C13H17NO3/c1-10(9-15)14-13(16)8-5-11-3-6-12(17-2)7-4-11/h3-8,10,15H,9H2,1-2H3,(H,14,16)/t10-/m1/s1. The zero-order chi connectivity index (χ0) is 12.7. The highest BCUT2D eigenvalue weighted by atomic mass is 16.5.